The van der Waals surface area contributed by atoms with Gasteiger partial charge < -0.3 is 15.1 Å². The maximum Gasteiger partial charge on any atom is 0.277 e. The van der Waals surface area contributed by atoms with Gasteiger partial charge in [-0.05, 0) is 23.8 Å². The Bertz CT molecular complexity index is 1000. The minimum Gasteiger partial charge on any atom is -0.392 e. The molecule has 0 fully saturated rings. The van der Waals surface area contributed by atoms with Crippen molar-refractivity contribution in [3.8, 4) is 11.4 Å². The molecule has 0 aliphatic carbocycles. The number of aromatic nitrogens is 4. The minimum atomic E-state index is -0.548. The number of hydrogen-bond acceptors (Lipinski definition) is 6. The number of non-ortho nitro benzene ring substituents is 1. The highest BCUT2D eigenvalue weighted by atomic mass is 32.1. The molecule has 0 unspecified atom stereocenters. The topological polar surface area (TPSA) is 141 Å². The van der Waals surface area contributed by atoms with Crippen molar-refractivity contribution in [1.29, 1.82) is 0 Å². The van der Waals surface area contributed by atoms with E-state index in [0.717, 1.165) is 0 Å². The zero-order chi connectivity index (χ0) is 15.9. The van der Waals surface area contributed by atoms with Crippen molar-refractivity contribution in [2.75, 3.05) is 0 Å². The number of nitro benzene ring substituents is 1. The van der Waals surface area contributed by atoms with Gasteiger partial charge in [-0.1, -0.05) is 0 Å². The average Bonchev–Trinajstić information content (AvgIpc) is 2.90. The molecular formula is C12H9N5O4S. The fourth-order valence-corrected chi connectivity index (χ4v) is 2.29. The summed E-state index contributed by atoms with van der Waals surface area (Å²) in [5, 5.41) is 20.3. The lowest BCUT2D eigenvalue weighted by Gasteiger charge is -2.04. The smallest absolute Gasteiger partial charge is 0.277 e. The maximum atomic E-state index is 11.8. The predicted molar refractivity (Wildman–Crippen MR) is 79.9 cm³/mol. The number of H-pyrrole nitrogens is 3. The number of aromatic amines is 3. The summed E-state index contributed by atoms with van der Waals surface area (Å²) in [7, 11) is 0. The third kappa shape index (κ3) is 2.29. The Kier molecular flexibility index (Phi) is 3.31. The molecule has 9 nitrogen and oxygen atoms in total. The summed E-state index contributed by atoms with van der Waals surface area (Å²) in [6, 6.07) is 4.01. The van der Waals surface area contributed by atoms with Gasteiger partial charge in [0, 0.05) is 17.7 Å². The molecule has 2 heterocycles. The number of benzene rings is 1. The second-order valence-electron chi connectivity index (χ2n) is 4.47. The summed E-state index contributed by atoms with van der Waals surface area (Å²) in [5.74, 6) is 0.227. The van der Waals surface area contributed by atoms with E-state index < -0.39 is 10.5 Å². The third-order valence-corrected chi connectivity index (χ3v) is 3.32. The number of rotatable bonds is 3. The van der Waals surface area contributed by atoms with Crippen molar-refractivity contribution in [2.45, 2.75) is 6.61 Å². The highest BCUT2D eigenvalue weighted by molar-refractivity contribution is 7.71. The van der Waals surface area contributed by atoms with Crippen LogP contribution in [-0.2, 0) is 6.61 Å². The second kappa shape index (κ2) is 5.16. The van der Waals surface area contributed by atoms with Gasteiger partial charge in [-0.15, -0.1) is 0 Å². The molecule has 0 aliphatic heterocycles. The molecule has 0 radical (unpaired) electrons. The minimum absolute atomic E-state index is 0.122. The van der Waals surface area contributed by atoms with Gasteiger partial charge in [0.2, 0.25) is 0 Å². The number of nitro groups is 1. The number of hydrogen-bond donors (Lipinski definition) is 4. The molecule has 0 atom stereocenters. The lowest BCUT2D eigenvalue weighted by atomic mass is 10.1. The zero-order valence-electron chi connectivity index (χ0n) is 10.9. The normalized spacial score (nSPS) is 11.0. The van der Waals surface area contributed by atoms with Gasteiger partial charge in [0.05, 0.1) is 11.5 Å². The van der Waals surface area contributed by atoms with Crippen molar-refractivity contribution in [3.05, 3.63) is 49.0 Å². The molecule has 112 valence electrons. The Morgan fingerprint density at radius 1 is 1.32 bits per heavy atom. The van der Waals surface area contributed by atoms with E-state index >= 15 is 0 Å². The van der Waals surface area contributed by atoms with Crippen molar-refractivity contribution in [1.82, 2.24) is 19.9 Å². The van der Waals surface area contributed by atoms with Crippen LogP contribution in [0.15, 0.2) is 23.0 Å². The quantitative estimate of drug-likeness (QED) is 0.326. The Labute approximate surface area is 126 Å². The molecule has 0 aliphatic rings. The van der Waals surface area contributed by atoms with E-state index in [1.165, 1.54) is 18.2 Å². The molecule has 4 N–H and O–H groups in total. The van der Waals surface area contributed by atoms with Gasteiger partial charge >= 0.3 is 0 Å². The van der Waals surface area contributed by atoms with E-state index in [2.05, 4.69) is 19.9 Å². The molecule has 0 amide bonds. The molecule has 10 heteroatoms. The molecule has 0 bridgehead atoms. The Hall–Kier alpha value is -2.85. The lowest BCUT2D eigenvalue weighted by molar-refractivity contribution is -0.384. The van der Waals surface area contributed by atoms with Gasteiger partial charge in [0.15, 0.2) is 10.4 Å². The summed E-state index contributed by atoms with van der Waals surface area (Å²) < 4.78 is 0.122. The van der Waals surface area contributed by atoms with Crippen LogP contribution in [0.2, 0.25) is 0 Å². The summed E-state index contributed by atoms with van der Waals surface area (Å²) in [6.45, 7) is -0.323. The fourth-order valence-electron chi connectivity index (χ4n) is 2.10. The molecule has 1 aromatic carbocycles. The largest absolute Gasteiger partial charge is 0.392 e. The van der Waals surface area contributed by atoms with E-state index in [9.17, 15) is 20.0 Å². The van der Waals surface area contributed by atoms with Crippen LogP contribution in [0.5, 0.6) is 0 Å². The first kappa shape index (κ1) is 14.1. The number of aliphatic hydroxyl groups is 1. The van der Waals surface area contributed by atoms with E-state index in [0.29, 0.717) is 11.1 Å². The number of imidazole rings is 1. The summed E-state index contributed by atoms with van der Waals surface area (Å²) in [6.07, 6.45) is 0. The maximum absolute atomic E-state index is 11.8. The van der Waals surface area contributed by atoms with E-state index in [1.54, 1.807) is 0 Å². The summed E-state index contributed by atoms with van der Waals surface area (Å²) in [5.41, 5.74) is 0.590. The molecule has 0 saturated heterocycles. The van der Waals surface area contributed by atoms with Crippen molar-refractivity contribution in [2.24, 2.45) is 0 Å². The van der Waals surface area contributed by atoms with E-state index in [1.807, 2.05) is 0 Å². The zero-order valence-corrected chi connectivity index (χ0v) is 11.7. The SMILES string of the molecule is O=c1[nH]c(=S)[nH]c2nc(-c3cc([N+](=O)[O-])ccc3CO)[nH]c12. The second-order valence-corrected chi connectivity index (χ2v) is 4.88. The number of aliphatic hydroxyl groups excluding tert-OH is 1. The summed E-state index contributed by atoms with van der Waals surface area (Å²) in [4.78, 5) is 34.2. The van der Waals surface area contributed by atoms with Crippen LogP contribution in [0, 0.1) is 14.9 Å². The standard InChI is InChI=1S/C12H9N5O4S/c18-4-5-1-2-6(17(20)21)3-7(5)9-13-8-10(14-9)15-12(22)16-11(8)19/h1-3,18H,4H2,(H3,13,14,15,16,19,22). The van der Waals surface area contributed by atoms with E-state index in [4.69, 9.17) is 12.2 Å². The van der Waals surface area contributed by atoms with Crippen LogP contribution < -0.4 is 5.56 Å². The van der Waals surface area contributed by atoms with Crippen LogP contribution in [0.3, 0.4) is 0 Å². The molecule has 0 saturated carbocycles. The van der Waals surface area contributed by atoms with Crippen LogP contribution in [-0.4, -0.2) is 30.0 Å². The number of nitrogens with zero attached hydrogens (tertiary/aromatic N) is 2. The first-order valence-corrected chi connectivity index (χ1v) is 6.51. The molecule has 2 aromatic heterocycles. The highest BCUT2D eigenvalue weighted by Gasteiger charge is 2.16. The van der Waals surface area contributed by atoms with Crippen LogP contribution in [0.4, 0.5) is 5.69 Å². The van der Waals surface area contributed by atoms with Gasteiger partial charge in [0.25, 0.3) is 11.2 Å². The summed E-state index contributed by atoms with van der Waals surface area (Å²) >= 11 is 4.86. The molecule has 0 spiro atoms. The first-order chi connectivity index (χ1) is 10.5. The Morgan fingerprint density at radius 2 is 2.09 bits per heavy atom. The number of fused-ring (bicyclic) bond motifs is 1. The Balaban J connectivity index is 2.28. The van der Waals surface area contributed by atoms with Gasteiger partial charge in [-0.25, -0.2) is 4.98 Å². The molecule has 22 heavy (non-hydrogen) atoms. The molecule has 3 rings (SSSR count). The van der Waals surface area contributed by atoms with Crippen LogP contribution >= 0.6 is 12.2 Å². The van der Waals surface area contributed by atoms with E-state index in [-0.39, 0.29) is 34.1 Å². The lowest BCUT2D eigenvalue weighted by Crippen LogP contribution is -2.07. The highest BCUT2D eigenvalue weighted by Crippen LogP contribution is 2.27. The Morgan fingerprint density at radius 3 is 2.77 bits per heavy atom. The van der Waals surface area contributed by atoms with Crippen molar-refractivity contribution in [3.63, 3.8) is 0 Å². The van der Waals surface area contributed by atoms with Crippen LogP contribution in [0.25, 0.3) is 22.6 Å². The van der Waals surface area contributed by atoms with Crippen LogP contribution in [0.1, 0.15) is 5.56 Å². The predicted octanol–water partition coefficient (Wildman–Crippen LogP) is 1.38. The molecular weight excluding hydrogens is 310 g/mol. The van der Waals surface area contributed by atoms with Gasteiger partial charge in [-0.2, -0.15) is 0 Å². The molecule has 3 aromatic rings. The fraction of sp³-hybridized carbons (Fsp3) is 0.0833. The first-order valence-electron chi connectivity index (χ1n) is 6.10. The van der Waals surface area contributed by atoms with Gasteiger partial charge in [-0.3, -0.25) is 19.9 Å². The third-order valence-electron chi connectivity index (χ3n) is 3.12. The average molecular weight is 319 g/mol. The monoisotopic (exact) mass is 319 g/mol. The van der Waals surface area contributed by atoms with Crippen molar-refractivity contribution < 1.29 is 10.0 Å². The van der Waals surface area contributed by atoms with Gasteiger partial charge in [0.1, 0.15) is 11.3 Å². The van der Waals surface area contributed by atoms with Crippen molar-refractivity contribution >= 4 is 29.1 Å². The number of nitrogens with one attached hydrogen (secondary N) is 3.